The fourth-order valence-corrected chi connectivity index (χ4v) is 3.84. The van der Waals surface area contributed by atoms with Crippen molar-refractivity contribution in [2.45, 2.75) is 77.3 Å². The molecule has 0 saturated heterocycles. The lowest BCUT2D eigenvalue weighted by molar-refractivity contribution is 0.0331. The molecule has 19 heavy (non-hydrogen) atoms. The molecule has 3 atom stereocenters. The maximum Gasteiger partial charge on any atom is 0.0394 e. The summed E-state index contributed by atoms with van der Waals surface area (Å²) >= 11 is 0. The Kier molecular flexibility index (Phi) is 6.78. The van der Waals surface area contributed by atoms with Crippen molar-refractivity contribution in [1.29, 1.82) is 0 Å². The molecule has 0 heterocycles. The lowest BCUT2D eigenvalue weighted by Crippen LogP contribution is -2.62. The van der Waals surface area contributed by atoms with Crippen LogP contribution >= 0.6 is 0 Å². The van der Waals surface area contributed by atoms with Crippen molar-refractivity contribution in [3.8, 4) is 0 Å². The van der Waals surface area contributed by atoms with E-state index in [0.717, 1.165) is 11.8 Å². The van der Waals surface area contributed by atoms with Gasteiger partial charge in [0.2, 0.25) is 0 Å². The first kappa shape index (κ1) is 16.9. The van der Waals surface area contributed by atoms with Gasteiger partial charge in [0.25, 0.3) is 0 Å². The number of nitrogens with zero attached hydrogens (tertiary/aromatic N) is 1. The number of likely N-dealkylation sites (N-methyl/N-ethyl adjacent to an activating group) is 1. The van der Waals surface area contributed by atoms with Crippen molar-refractivity contribution in [3.05, 3.63) is 0 Å². The fraction of sp³-hybridized carbons (Fsp3) is 1.00. The Bertz CT molecular complexity index is 252. The molecule has 0 aromatic heterocycles. The van der Waals surface area contributed by atoms with E-state index in [4.69, 9.17) is 5.84 Å². The normalized spacial score (nSPS) is 30.0. The molecule has 1 rings (SSSR count). The van der Waals surface area contributed by atoms with E-state index in [-0.39, 0.29) is 5.54 Å². The summed E-state index contributed by atoms with van der Waals surface area (Å²) in [7, 11) is 4.45. The van der Waals surface area contributed by atoms with E-state index < -0.39 is 0 Å². The van der Waals surface area contributed by atoms with Gasteiger partial charge in [-0.05, 0) is 45.2 Å². The SMILES string of the molecule is CC(C)CCCC(NN)C1(N(C)C)CCCC(C)C1. The minimum Gasteiger partial charge on any atom is -0.302 e. The molecule has 114 valence electrons. The van der Waals surface area contributed by atoms with Gasteiger partial charge in [0.05, 0.1) is 0 Å². The lowest BCUT2D eigenvalue weighted by atomic mass is 9.70. The molecule has 3 unspecified atom stereocenters. The van der Waals surface area contributed by atoms with Gasteiger partial charge in [-0.3, -0.25) is 11.3 Å². The minimum absolute atomic E-state index is 0.253. The van der Waals surface area contributed by atoms with Gasteiger partial charge in [0.15, 0.2) is 0 Å². The lowest BCUT2D eigenvalue weighted by Gasteiger charge is -2.50. The summed E-state index contributed by atoms with van der Waals surface area (Å²) in [5.74, 6) is 7.52. The van der Waals surface area contributed by atoms with Crippen LogP contribution in [0.2, 0.25) is 0 Å². The zero-order valence-corrected chi connectivity index (χ0v) is 13.7. The Morgan fingerprint density at radius 3 is 2.47 bits per heavy atom. The van der Waals surface area contributed by atoms with Gasteiger partial charge in [-0.15, -0.1) is 0 Å². The number of hydrogen-bond acceptors (Lipinski definition) is 3. The van der Waals surface area contributed by atoms with Crippen molar-refractivity contribution in [2.24, 2.45) is 17.7 Å². The molecule has 0 bridgehead atoms. The number of nitrogens with one attached hydrogen (secondary N) is 1. The molecule has 0 amide bonds. The quantitative estimate of drug-likeness (QED) is 0.551. The second-order valence-corrected chi connectivity index (χ2v) is 7.24. The van der Waals surface area contributed by atoms with E-state index in [1.54, 1.807) is 0 Å². The summed E-state index contributed by atoms with van der Waals surface area (Å²) in [5.41, 5.74) is 3.40. The van der Waals surface area contributed by atoms with E-state index in [0.29, 0.717) is 6.04 Å². The van der Waals surface area contributed by atoms with Gasteiger partial charge in [-0.1, -0.05) is 46.5 Å². The summed E-state index contributed by atoms with van der Waals surface area (Å²) in [5, 5.41) is 0. The van der Waals surface area contributed by atoms with Crippen molar-refractivity contribution in [3.63, 3.8) is 0 Å². The third-order valence-electron chi connectivity index (χ3n) is 5.02. The predicted molar refractivity (Wildman–Crippen MR) is 83.9 cm³/mol. The third-order valence-corrected chi connectivity index (χ3v) is 5.02. The van der Waals surface area contributed by atoms with Crippen LogP contribution in [0.15, 0.2) is 0 Å². The van der Waals surface area contributed by atoms with Crippen LogP contribution in [0.3, 0.4) is 0 Å². The van der Waals surface area contributed by atoms with E-state index in [1.165, 1.54) is 44.9 Å². The largest absolute Gasteiger partial charge is 0.302 e. The van der Waals surface area contributed by atoms with Crippen molar-refractivity contribution < 1.29 is 0 Å². The molecule has 0 aromatic carbocycles. The van der Waals surface area contributed by atoms with Gasteiger partial charge >= 0.3 is 0 Å². The second-order valence-electron chi connectivity index (χ2n) is 7.24. The van der Waals surface area contributed by atoms with Gasteiger partial charge < -0.3 is 4.90 Å². The number of nitrogens with two attached hydrogens (primary N) is 1. The molecule has 0 aromatic rings. The van der Waals surface area contributed by atoms with Crippen LogP contribution in [0.25, 0.3) is 0 Å². The molecule has 0 aliphatic heterocycles. The molecule has 3 nitrogen and oxygen atoms in total. The van der Waals surface area contributed by atoms with Gasteiger partial charge in [-0.2, -0.15) is 0 Å². The van der Waals surface area contributed by atoms with E-state index >= 15 is 0 Å². The molecule has 1 saturated carbocycles. The highest BCUT2D eigenvalue weighted by atomic mass is 15.3. The summed E-state index contributed by atoms with van der Waals surface area (Å²) < 4.78 is 0. The highest BCUT2D eigenvalue weighted by Gasteiger charge is 2.42. The maximum atomic E-state index is 5.91. The van der Waals surface area contributed by atoms with Crippen LogP contribution in [0.1, 0.15) is 65.7 Å². The first-order chi connectivity index (χ1) is 8.92. The Hall–Kier alpha value is -0.120. The highest BCUT2D eigenvalue weighted by molar-refractivity contribution is 5.01. The van der Waals surface area contributed by atoms with Crippen LogP contribution < -0.4 is 11.3 Å². The molecule has 1 aliphatic carbocycles. The Labute approximate surface area is 120 Å². The van der Waals surface area contributed by atoms with Crippen LogP contribution in [-0.4, -0.2) is 30.6 Å². The molecular weight excluding hydrogens is 234 g/mol. The monoisotopic (exact) mass is 269 g/mol. The average molecular weight is 269 g/mol. The average Bonchev–Trinajstić information content (AvgIpc) is 2.34. The molecule has 1 fully saturated rings. The second kappa shape index (κ2) is 7.61. The third kappa shape index (κ3) is 4.44. The van der Waals surface area contributed by atoms with E-state index in [1.807, 2.05) is 0 Å². The summed E-state index contributed by atoms with van der Waals surface area (Å²) in [6.45, 7) is 6.99. The molecule has 1 aliphatic rings. The van der Waals surface area contributed by atoms with Gasteiger partial charge in [0.1, 0.15) is 0 Å². The minimum atomic E-state index is 0.253. The highest BCUT2D eigenvalue weighted by Crippen LogP contribution is 2.39. The number of hydrazine groups is 1. The van der Waals surface area contributed by atoms with Gasteiger partial charge in [0, 0.05) is 11.6 Å². The smallest absolute Gasteiger partial charge is 0.0394 e. The Morgan fingerprint density at radius 2 is 2.00 bits per heavy atom. The van der Waals surface area contributed by atoms with Crippen molar-refractivity contribution in [1.82, 2.24) is 10.3 Å². The van der Waals surface area contributed by atoms with Crippen LogP contribution in [0.5, 0.6) is 0 Å². The zero-order valence-electron chi connectivity index (χ0n) is 13.7. The molecule has 0 radical (unpaired) electrons. The summed E-state index contributed by atoms with van der Waals surface area (Å²) in [4.78, 5) is 2.43. The first-order valence-corrected chi connectivity index (χ1v) is 8.06. The van der Waals surface area contributed by atoms with E-state index in [2.05, 4.69) is 45.2 Å². The van der Waals surface area contributed by atoms with Gasteiger partial charge in [-0.25, -0.2) is 0 Å². The molecule has 0 spiro atoms. The summed E-state index contributed by atoms with van der Waals surface area (Å²) in [6, 6.07) is 0.420. The molecular formula is C16H35N3. The van der Waals surface area contributed by atoms with Crippen LogP contribution in [0.4, 0.5) is 0 Å². The maximum absolute atomic E-state index is 5.91. The van der Waals surface area contributed by atoms with Crippen molar-refractivity contribution in [2.75, 3.05) is 14.1 Å². The summed E-state index contributed by atoms with van der Waals surface area (Å²) in [6.07, 6.45) is 9.03. The Balaban J connectivity index is 2.71. The number of rotatable bonds is 7. The topological polar surface area (TPSA) is 41.3 Å². The van der Waals surface area contributed by atoms with Crippen molar-refractivity contribution >= 4 is 0 Å². The number of hydrogen-bond donors (Lipinski definition) is 2. The standard InChI is InChI=1S/C16H35N3/c1-13(2)8-6-10-15(18-17)16(19(4)5)11-7-9-14(3)12-16/h13-15,18H,6-12,17H2,1-5H3. The zero-order chi connectivity index (χ0) is 14.5. The Morgan fingerprint density at radius 1 is 1.32 bits per heavy atom. The predicted octanol–water partition coefficient (Wildman–Crippen LogP) is 3.16. The molecule has 3 N–H and O–H groups in total. The first-order valence-electron chi connectivity index (χ1n) is 8.06. The van der Waals surface area contributed by atoms with Crippen LogP contribution in [-0.2, 0) is 0 Å². The van der Waals surface area contributed by atoms with E-state index in [9.17, 15) is 0 Å². The van der Waals surface area contributed by atoms with Crippen LogP contribution in [0, 0.1) is 11.8 Å². The fourth-order valence-electron chi connectivity index (χ4n) is 3.84. The molecule has 3 heteroatoms.